The number of carbonyl (C=O) groups excluding carboxylic acids is 1. The summed E-state index contributed by atoms with van der Waals surface area (Å²) in [4.78, 5) is 11.7. The van der Waals surface area contributed by atoms with E-state index < -0.39 is 0 Å². The van der Waals surface area contributed by atoms with Gasteiger partial charge < -0.3 is 4.74 Å². The van der Waals surface area contributed by atoms with Crippen LogP contribution in [0.4, 0.5) is 0 Å². The van der Waals surface area contributed by atoms with Crippen molar-refractivity contribution in [1.82, 2.24) is 0 Å². The number of ether oxygens (including phenoxy) is 1. The lowest BCUT2D eigenvalue weighted by molar-refractivity contribution is 0.0931. The van der Waals surface area contributed by atoms with Gasteiger partial charge in [0.15, 0.2) is 5.78 Å². The van der Waals surface area contributed by atoms with E-state index in [0.29, 0.717) is 13.0 Å². The largest absolute Gasteiger partial charge is 0.381 e. The fraction of sp³-hybridized carbons (Fsp3) is 0.533. The molecule has 0 bridgehead atoms. The summed E-state index contributed by atoms with van der Waals surface area (Å²) >= 11 is 0. The first kappa shape index (κ1) is 12.3. The Labute approximate surface area is 103 Å². The molecule has 0 aliphatic heterocycles. The molecular formula is C15H20O2. The SMILES string of the molecule is O=C(CCCOCCC1CC1)c1ccccc1. The van der Waals surface area contributed by atoms with Crippen molar-refractivity contribution in [3.05, 3.63) is 35.9 Å². The molecule has 1 aliphatic rings. The maximum atomic E-state index is 11.7. The summed E-state index contributed by atoms with van der Waals surface area (Å²) in [5.74, 6) is 1.15. The van der Waals surface area contributed by atoms with E-state index in [1.807, 2.05) is 30.3 Å². The predicted molar refractivity (Wildman–Crippen MR) is 68.2 cm³/mol. The third-order valence-corrected chi connectivity index (χ3v) is 3.16. The molecule has 0 spiro atoms. The quantitative estimate of drug-likeness (QED) is 0.507. The predicted octanol–water partition coefficient (Wildman–Crippen LogP) is 3.47. The molecule has 17 heavy (non-hydrogen) atoms. The second-order valence-corrected chi connectivity index (χ2v) is 4.74. The van der Waals surface area contributed by atoms with Gasteiger partial charge in [0.1, 0.15) is 0 Å². The van der Waals surface area contributed by atoms with Gasteiger partial charge in [0, 0.05) is 25.2 Å². The van der Waals surface area contributed by atoms with Crippen LogP contribution in [0.5, 0.6) is 0 Å². The molecule has 0 N–H and O–H groups in total. The van der Waals surface area contributed by atoms with E-state index in [2.05, 4.69) is 0 Å². The Bertz CT molecular complexity index is 341. The molecule has 0 saturated heterocycles. The van der Waals surface area contributed by atoms with Gasteiger partial charge >= 0.3 is 0 Å². The molecule has 0 unspecified atom stereocenters. The number of carbonyl (C=O) groups is 1. The standard InChI is InChI=1S/C15H20O2/c16-15(14-5-2-1-3-6-14)7-4-11-17-12-10-13-8-9-13/h1-3,5-6,13H,4,7-12H2. The van der Waals surface area contributed by atoms with Gasteiger partial charge in [-0.25, -0.2) is 0 Å². The number of Topliss-reactive ketones (excluding diaryl/α,β-unsaturated/α-hetero) is 1. The summed E-state index contributed by atoms with van der Waals surface area (Å²) in [5.41, 5.74) is 0.811. The molecule has 2 nitrogen and oxygen atoms in total. The highest BCUT2D eigenvalue weighted by molar-refractivity contribution is 5.95. The van der Waals surface area contributed by atoms with Crippen molar-refractivity contribution in [2.24, 2.45) is 5.92 Å². The van der Waals surface area contributed by atoms with Crippen LogP contribution in [0, 0.1) is 5.92 Å². The van der Waals surface area contributed by atoms with E-state index >= 15 is 0 Å². The van der Waals surface area contributed by atoms with Crippen molar-refractivity contribution in [3.8, 4) is 0 Å². The Morgan fingerprint density at radius 3 is 2.65 bits per heavy atom. The minimum atomic E-state index is 0.219. The molecule has 0 atom stereocenters. The average Bonchev–Trinajstić information content (AvgIpc) is 3.18. The fourth-order valence-corrected chi connectivity index (χ4v) is 1.86. The summed E-state index contributed by atoms with van der Waals surface area (Å²) in [6, 6.07) is 9.48. The van der Waals surface area contributed by atoms with Crippen LogP contribution < -0.4 is 0 Å². The highest BCUT2D eigenvalue weighted by Gasteiger charge is 2.20. The van der Waals surface area contributed by atoms with Gasteiger partial charge in [0.25, 0.3) is 0 Å². The van der Waals surface area contributed by atoms with E-state index in [1.54, 1.807) is 0 Å². The molecule has 0 heterocycles. The average molecular weight is 232 g/mol. The summed E-state index contributed by atoms with van der Waals surface area (Å²) in [6.45, 7) is 1.58. The first-order valence-electron chi connectivity index (χ1n) is 6.52. The lowest BCUT2D eigenvalue weighted by atomic mass is 10.1. The van der Waals surface area contributed by atoms with E-state index in [1.165, 1.54) is 19.3 Å². The molecule has 1 aliphatic carbocycles. The third-order valence-electron chi connectivity index (χ3n) is 3.16. The van der Waals surface area contributed by atoms with Crippen molar-refractivity contribution in [2.45, 2.75) is 32.1 Å². The van der Waals surface area contributed by atoms with E-state index in [-0.39, 0.29) is 5.78 Å². The van der Waals surface area contributed by atoms with Gasteiger partial charge in [0.05, 0.1) is 0 Å². The van der Waals surface area contributed by atoms with Crippen molar-refractivity contribution in [2.75, 3.05) is 13.2 Å². The number of ketones is 1. The Morgan fingerprint density at radius 1 is 1.18 bits per heavy atom. The van der Waals surface area contributed by atoms with Crippen molar-refractivity contribution in [3.63, 3.8) is 0 Å². The van der Waals surface area contributed by atoms with Crippen LogP contribution in [-0.4, -0.2) is 19.0 Å². The van der Waals surface area contributed by atoms with Gasteiger partial charge in [-0.05, 0) is 18.8 Å². The van der Waals surface area contributed by atoms with E-state index in [4.69, 9.17) is 4.74 Å². The smallest absolute Gasteiger partial charge is 0.162 e. The van der Waals surface area contributed by atoms with Crippen LogP contribution in [0.15, 0.2) is 30.3 Å². The van der Waals surface area contributed by atoms with Gasteiger partial charge in [-0.15, -0.1) is 0 Å². The zero-order chi connectivity index (χ0) is 11.9. The number of hydrogen-bond donors (Lipinski definition) is 0. The normalized spacial score (nSPS) is 14.8. The zero-order valence-corrected chi connectivity index (χ0v) is 10.2. The maximum Gasteiger partial charge on any atom is 0.162 e. The third kappa shape index (κ3) is 4.70. The summed E-state index contributed by atoms with van der Waals surface area (Å²) in [7, 11) is 0. The summed E-state index contributed by atoms with van der Waals surface area (Å²) < 4.78 is 5.52. The second-order valence-electron chi connectivity index (χ2n) is 4.74. The maximum absolute atomic E-state index is 11.7. The van der Waals surface area contributed by atoms with Crippen molar-refractivity contribution < 1.29 is 9.53 Å². The molecule has 2 heteroatoms. The first-order chi connectivity index (χ1) is 8.36. The van der Waals surface area contributed by atoms with E-state index in [9.17, 15) is 4.79 Å². The molecule has 92 valence electrons. The highest BCUT2D eigenvalue weighted by atomic mass is 16.5. The van der Waals surface area contributed by atoms with Crippen molar-refractivity contribution in [1.29, 1.82) is 0 Å². The topological polar surface area (TPSA) is 26.3 Å². The summed E-state index contributed by atoms with van der Waals surface area (Å²) in [5, 5.41) is 0. The van der Waals surface area contributed by atoms with Gasteiger partial charge in [-0.2, -0.15) is 0 Å². The van der Waals surface area contributed by atoms with Crippen LogP contribution in [0.1, 0.15) is 42.5 Å². The lowest BCUT2D eigenvalue weighted by Gasteiger charge is -2.03. The number of rotatable bonds is 8. The van der Waals surface area contributed by atoms with Gasteiger partial charge in [-0.3, -0.25) is 4.79 Å². The first-order valence-corrected chi connectivity index (χ1v) is 6.52. The van der Waals surface area contributed by atoms with Gasteiger partial charge in [-0.1, -0.05) is 43.2 Å². The van der Waals surface area contributed by atoms with Crippen molar-refractivity contribution >= 4 is 5.78 Å². The Morgan fingerprint density at radius 2 is 1.94 bits per heavy atom. The molecule has 2 rings (SSSR count). The van der Waals surface area contributed by atoms with Crippen LogP contribution in [0.3, 0.4) is 0 Å². The molecular weight excluding hydrogens is 212 g/mol. The highest BCUT2D eigenvalue weighted by Crippen LogP contribution is 2.32. The van der Waals surface area contributed by atoms with Crippen LogP contribution in [0.25, 0.3) is 0 Å². The van der Waals surface area contributed by atoms with Crippen LogP contribution in [0.2, 0.25) is 0 Å². The van der Waals surface area contributed by atoms with Crippen LogP contribution in [-0.2, 0) is 4.74 Å². The van der Waals surface area contributed by atoms with Gasteiger partial charge in [0.2, 0.25) is 0 Å². The number of hydrogen-bond acceptors (Lipinski definition) is 2. The fourth-order valence-electron chi connectivity index (χ4n) is 1.86. The molecule has 0 amide bonds. The molecule has 1 aromatic rings. The Kier molecular flexibility index (Phi) is 4.75. The second kappa shape index (κ2) is 6.55. The molecule has 1 aromatic carbocycles. The van der Waals surface area contributed by atoms with Crippen LogP contribution >= 0.6 is 0 Å². The molecule has 0 radical (unpaired) electrons. The lowest BCUT2D eigenvalue weighted by Crippen LogP contribution is -2.03. The minimum Gasteiger partial charge on any atom is -0.381 e. The monoisotopic (exact) mass is 232 g/mol. The minimum absolute atomic E-state index is 0.219. The Balaban J connectivity index is 1.53. The molecule has 1 fully saturated rings. The van der Waals surface area contributed by atoms with E-state index in [0.717, 1.165) is 24.5 Å². The number of benzene rings is 1. The molecule has 1 saturated carbocycles. The Hall–Kier alpha value is -1.15. The summed E-state index contributed by atoms with van der Waals surface area (Å²) in [6.07, 6.45) is 5.39. The molecule has 0 aromatic heterocycles. The zero-order valence-electron chi connectivity index (χ0n) is 10.2.